The van der Waals surface area contributed by atoms with Crippen LogP contribution in [0, 0.1) is 13.8 Å². The number of hydrogen-bond acceptors (Lipinski definition) is 2. The van der Waals surface area contributed by atoms with Crippen LogP contribution in [0.25, 0.3) is 11.0 Å². The highest BCUT2D eigenvalue weighted by Crippen LogP contribution is 2.24. The quantitative estimate of drug-likeness (QED) is 0.643. The molecule has 4 heteroatoms. The van der Waals surface area contributed by atoms with E-state index >= 15 is 0 Å². The molecule has 14 heavy (non-hydrogen) atoms. The largest absolute Gasteiger partial charge is 0.216 e. The van der Waals surface area contributed by atoms with Gasteiger partial charge in [-0.2, -0.15) is 0 Å². The number of aromatic nitrogens is 2. The van der Waals surface area contributed by atoms with E-state index in [0.717, 1.165) is 16.5 Å². The van der Waals surface area contributed by atoms with Gasteiger partial charge in [0.25, 0.3) is 0 Å². The van der Waals surface area contributed by atoms with Gasteiger partial charge in [0, 0.05) is 5.39 Å². The van der Waals surface area contributed by atoms with Crippen molar-refractivity contribution in [2.45, 2.75) is 13.8 Å². The molecular weight excluding hydrogens is 219 g/mol. The van der Waals surface area contributed by atoms with E-state index in [1.165, 1.54) is 0 Å². The monoisotopic (exact) mass is 226 g/mol. The molecule has 0 aliphatic carbocycles. The summed E-state index contributed by atoms with van der Waals surface area (Å²) in [7, 11) is 0. The standard InChI is InChI=1S/C10H8Cl2N2/c1-5-3-7(11)13-10-9(5)6(2)4-8(12)14-10/h3-4H,1-2H3. The Bertz CT molecular complexity index is 466. The van der Waals surface area contributed by atoms with Gasteiger partial charge >= 0.3 is 0 Å². The minimum atomic E-state index is 0.448. The zero-order valence-corrected chi connectivity index (χ0v) is 9.32. The number of aryl methyl sites for hydroxylation is 2. The lowest BCUT2D eigenvalue weighted by Gasteiger charge is -2.05. The Hall–Kier alpha value is -0.860. The molecule has 0 aliphatic rings. The van der Waals surface area contributed by atoms with Crippen molar-refractivity contribution in [1.82, 2.24) is 9.97 Å². The molecule has 2 nitrogen and oxygen atoms in total. The second-order valence-electron chi connectivity index (χ2n) is 3.22. The first-order valence-corrected chi connectivity index (χ1v) is 4.93. The number of hydrogen-bond donors (Lipinski definition) is 0. The number of halogens is 2. The minimum absolute atomic E-state index is 0.448. The van der Waals surface area contributed by atoms with Gasteiger partial charge < -0.3 is 0 Å². The first-order valence-electron chi connectivity index (χ1n) is 4.18. The second-order valence-corrected chi connectivity index (χ2v) is 4.00. The Morgan fingerprint density at radius 3 is 1.79 bits per heavy atom. The minimum Gasteiger partial charge on any atom is -0.216 e. The zero-order chi connectivity index (χ0) is 10.3. The normalized spacial score (nSPS) is 10.9. The third-order valence-electron chi connectivity index (χ3n) is 2.11. The van der Waals surface area contributed by atoms with E-state index in [1.807, 2.05) is 26.0 Å². The SMILES string of the molecule is Cc1cc(Cl)nc2nc(Cl)cc(C)c12. The van der Waals surface area contributed by atoms with E-state index in [-0.39, 0.29) is 0 Å². The molecular formula is C10H8Cl2N2. The average molecular weight is 227 g/mol. The van der Waals surface area contributed by atoms with Crippen molar-refractivity contribution >= 4 is 34.2 Å². The molecule has 0 fully saturated rings. The zero-order valence-electron chi connectivity index (χ0n) is 7.81. The molecule has 2 heterocycles. The molecule has 2 aromatic heterocycles. The Morgan fingerprint density at radius 2 is 1.36 bits per heavy atom. The number of fused-ring (bicyclic) bond motifs is 1. The lowest BCUT2D eigenvalue weighted by Crippen LogP contribution is -1.91. The van der Waals surface area contributed by atoms with Crippen LogP contribution in [0.4, 0.5) is 0 Å². The van der Waals surface area contributed by atoms with Crippen molar-refractivity contribution in [1.29, 1.82) is 0 Å². The van der Waals surface area contributed by atoms with Gasteiger partial charge in [0.2, 0.25) is 0 Å². The summed E-state index contributed by atoms with van der Waals surface area (Å²) in [6, 6.07) is 3.65. The van der Waals surface area contributed by atoms with Crippen LogP contribution in [0.5, 0.6) is 0 Å². The summed E-state index contributed by atoms with van der Waals surface area (Å²) in [4.78, 5) is 8.26. The van der Waals surface area contributed by atoms with E-state index in [2.05, 4.69) is 9.97 Å². The van der Waals surface area contributed by atoms with Crippen molar-refractivity contribution in [3.63, 3.8) is 0 Å². The Kier molecular flexibility index (Phi) is 2.33. The van der Waals surface area contributed by atoms with Crippen LogP contribution in [0.3, 0.4) is 0 Å². The van der Waals surface area contributed by atoms with Crippen LogP contribution >= 0.6 is 23.2 Å². The predicted octanol–water partition coefficient (Wildman–Crippen LogP) is 3.55. The van der Waals surface area contributed by atoms with Crippen LogP contribution in [0.2, 0.25) is 10.3 Å². The molecule has 0 atom stereocenters. The summed E-state index contributed by atoms with van der Waals surface area (Å²) in [6.45, 7) is 3.97. The third-order valence-corrected chi connectivity index (χ3v) is 2.50. The fourth-order valence-electron chi connectivity index (χ4n) is 1.57. The van der Waals surface area contributed by atoms with Crippen LogP contribution in [0.1, 0.15) is 11.1 Å². The summed E-state index contributed by atoms with van der Waals surface area (Å²) < 4.78 is 0. The highest BCUT2D eigenvalue weighted by molar-refractivity contribution is 6.30. The van der Waals surface area contributed by atoms with E-state index in [1.54, 1.807) is 0 Å². The molecule has 0 bridgehead atoms. The Morgan fingerprint density at radius 1 is 0.929 bits per heavy atom. The van der Waals surface area contributed by atoms with Crippen LogP contribution < -0.4 is 0 Å². The summed E-state index contributed by atoms with van der Waals surface area (Å²) >= 11 is 11.7. The Labute approximate surface area is 91.9 Å². The number of pyridine rings is 2. The Balaban J connectivity index is 2.94. The van der Waals surface area contributed by atoms with E-state index in [0.29, 0.717) is 16.0 Å². The van der Waals surface area contributed by atoms with Crippen molar-refractivity contribution < 1.29 is 0 Å². The number of rotatable bonds is 0. The first-order chi connectivity index (χ1) is 6.58. The topological polar surface area (TPSA) is 25.8 Å². The van der Waals surface area contributed by atoms with Gasteiger partial charge in [-0.25, -0.2) is 9.97 Å². The average Bonchev–Trinajstić information content (AvgIpc) is 1.99. The first kappa shape index (κ1) is 9.69. The van der Waals surface area contributed by atoms with Crippen LogP contribution in [-0.4, -0.2) is 9.97 Å². The molecule has 0 unspecified atom stereocenters. The summed E-state index contributed by atoms with van der Waals surface area (Å²) in [5, 5.41) is 1.92. The molecule has 72 valence electrons. The molecule has 0 saturated heterocycles. The predicted molar refractivity (Wildman–Crippen MR) is 59.0 cm³/mol. The highest BCUT2D eigenvalue weighted by Gasteiger charge is 2.06. The molecule has 0 amide bonds. The van der Waals surface area contributed by atoms with Gasteiger partial charge in [0.15, 0.2) is 5.65 Å². The molecule has 0 radical (unpaired) electrons. The van der Waals surface area contributed by atoms with Crippen molar-refractivity contribution in [2.24, 2.45) is 0 Å². The summed E-state index contributed by atoms with van der Waals surface area (Å²) in [5.41, 5.74) is 2.75. The van der Waals surface area contributed by atoms with Crippen LogP contribution in [0.15, 0.2) is 12.1 Å². The van der Waals surface area contributed by atoms with E-state index < -0.39 is 0 Å². The fourth-order valence-corrected chi connectivity index (χ4v) is 2.06. The smallest absolute Gasteiger partial charge is 0.163 e. The molecule has 0 aliphatic heterocycles. The van der Waals surface area contributed by atoms with Gasteiger partial charge in [-0.05, 0) is 37.1 Å². The van der Waals surface area contributed by atoms with Crippen molar-refractivity contribution in [3.05, 3.63) is 33.6 Å². The lowest BCUT2D eigenvalue weighted by atomic mass is 10.1. The maximum absolute atomic E-state index is 5.83. The second kappa shape index (κ2) is 3.37. The van der Waals surface area contributed by atoms with Crippen molar-refractivity contribution in [3.8, 4) is 0 Å². The van der Waals surface area contributed by atoms with E-state index in [4.69, 9.17) is 23.2 Å². The summed E-state index contributed by atoms with van der Waals surface area (Å²) in [5.74, 6) is 0. The molecule has 2 aromatic rings. The van der Waals surface area contributed by atoms with Crippen molar-refractivity contribution in [2.75, 3.05) is 0 Å². The lowest BCUT2D eigenvalue weighted by molar-refractivity contribution is 1.25. The fraction of sp³-hybridized carbons (Fsp3) is 0.200. The molecule has 0 N–H and O–H groups in total. The summed E-state index contributed by atoms with van der Waals surface area (Å²) in [6.07, 6.45) is 0. The van der Waals surface area contributed by atoms with Crippen LogP contribution in [-0.2, 0) is 0 Å². The molecule has 0 aromatic carbocycles. The number of nitrogens with zero attached hydrogens (tertiary/aromatic N) is 2. The van der Waals surface area contributed by atoms with Gasteiger partial charge in [-0.15, -0.1) is 0 Å². The highest BCUT2D eigenvalue weighted by atomic mass is 35.5. The third kappa shape index (κ3) is 1.56. The molecule has 2 rings (SSSR count). The van der Waals surface area contributed by atoms with Gasteiger partial charge in [0.1, 0.15) is 10.3 Å². The maximum atomic E-state index is 5.83. The van der Waals surface area contributed by atoms with Gasteiger partial charge in [0.05, 0.1) is 0 Å². The van der Waals surface area contributed by atoms with Gasteiger partial charge in [-0.1, -0.05) is 23.2 Å². The maximum Gasteiger partial charge on any atom is 0.163 e. The van der Waals surface area contributed by atoms with Gasteiger partial charge in [-0.3, -0.25) is 0 Å². The molecule has 0 saturated carbocycles. The molecule has 0 spiro atoms. The van der Waals surface area contributed by atoms with E-state index in [9.17, 15) is 0 Å².